The molecule has 2 aliphatic rings. The monoisotopic (exact) mass is 582 g/mol. The van der Waals surface area contributed by atoms with E-state index < -0.39 is 46.9 Å². The van der Waals surface area contributed by atoms with E-state index in [9.17, 15) is 24.3 Å². The molecule has 0 radical (unpaired) electrons. The van der Waals surface area contributed by atoms with Crippen molar-refractivity contribution in [3.8, 4) is 0 Å². The van der Waals surface area contributed by atoms with E-state index in [0.717, 1.165) is 0 Å². The zero-order valence-electron chi connectivity index (χ0n) is 25.0. The fraction of sp³-hybridized carbons (Fsp3) is 0.500. The van der Waals surface area contributed by atoms with Crippen molar-refractivity contribution < 1.29 is 47.3 Å². The van der Waals surface area contributed by atoms with Gasteiger partial charge in [-0.3, -0.25) is 9.59 Å². The Labute approximate surface area is 244 Å². The van der Waals surface area contributed by atoms with Crippen molar-refractivity contribution in [3.63, 3.8) is 0 Å². The lowest BCUT2D eigenvalue weighted by molar-refractivity contribution is -0.158. The van der Waals surface area contributed by atoms with Gasteiger partial charge in [0.25, 0.3) is 0 Å². The molecule has 42 heavy (non-hydrogen) atoms. The summed E-state index contributed by atoms with van der Waals surface area (Å²) < 4.78 is 28.6. The Morgan fingerprint density at radius 3 is 2.50 bits per heavy atom. The number of carboxylic acid groups (broad SMARTS) is 1. The summed E-state index contributed by atoms with van der Waals surface area (Å²) in [5, 5.41) is 9.55. The number of ether oxygens (including phenoxy) is 3. The number of carboxylic acids is 1. The van der Waals surface area contributed by atoms with Gasteiger partial charge in [0.05, 0.1) is 19.6 Å². The molecule has 2 aromatic rings. The number of carbonyl (C=O) groups excluding carboxylic acids is 3. The zero-order chi connectivity index (χ0) is 31.0. The Morgan fingerprint density at radius 1 is 1.19 bits per heavy atom. The van der Waals surface area contributed by atoms with Crippen LogP contribution in [0.4, 0.5) is 0 Å². The van der Waals surface area contributed by atoms with Crippen LogP contribution in [0.15, 0.2) is 51.2 Å². The van der Waals surface area contributed by atoms with E-state index in [2.05, 4.69) is 0 Å². The van der Waals surface area contributed by atoms with E-state index in [1.807, 2.05) is 27.7 Å². The van der Waals surface area contributed by atoms with Crippen molar-refractivity contribution in [1.29, 1.82) is 0 Å². The number of methoxy groups -OCH3 is 1. The predicted molar refractivity (Wildman–Crippen MR) is 150 cm³/mol. The summed E-state index contributed by atoms with van der Waals surface area (Å²) in [6.45, 7) is 11.1. The summed E-state index contributed by atoms with van der Waals surface area (Å²) in [4.78, 5) is 50.1. The Kier molecular flexibility index (Phi) is 8.57. The van der Waals surface area contributed by atoms with Crippen molar-refractivity contribution in [3.05, 3.63) is 65.0 Å². The molecule has 10 nitrogen and oxygen atoms in total. The third-order valence-electron chi connectivity index (χ3n) is 8.98. The lowest BCUT2D eigenvalue weighted by Crippen LogP contribution is -2.41. The first-order valence-corrected chi connectivity index (χ1v) is 14.0. The highest BCUT2D eigenvalue weighted by atomic mass is 16.6. The van der Waals surface area contributed by atoms with Crippen LogP contribution in [0.2, 0.25) is 0 Å². The van der Waals surface area contributed by atoms with E-state index >= 15 is 0 Å². The minimum atomic E-state index is -1.01. The van der Waals surface area contributed by atoms with Crippen LogP contribution in [0.25, 0.3) is 5.57 Å². The van der Waals surface area contributed by atoms with Gasteiger partial charge in [0.1, 0.15) is 23.7 Å². The van der Waals surface area contributed by atoms with E-state index in [4.69, 9.17) is 23.0 Å². The number of carbonyl (C=O) groups is 4. The quantitative estimate of drug-likeness (QED) is 0.203. The van der Waals surface area contributed by atoms with Crippen LogP contribution in [0.1, 0.15) is 102 Å². The maximum Gasteiger partial charge on any atom is 0.334 e. The first kappa shape index (κ1) is 30.9. The second-order valence-electron chi connectivity index (χ2n) is 11.9. The molecule has 2 aromatic heterocycles. The normalized spacial score (nSPS) is 27.0. The SMILES string of the molecule is CC=C(C)C(=O)O[C@H]1c2cc(C3=CC(=O)O[C@@H](c4ccoc4)[C@]3(C)CCC(=O)O)oc2[C@H](C)[C@@H](CC(=O)OC)C1(C)C. The predicted octanol–water partition coefficient (Wildman–Crippen LogP) is 6.30. The van der Waals surface area contributed by atoms with Crippen molar-refractivity contribution in [1.82, 2.24) is 0 Å². The lowest BCUT2D eigenvalue weighted by atomic mass is 9.61. The number of esters is 3. The lowest BCUT2D eigenvalue weighted by Gasteiger charge is -2.46. The summed E-state index contributed by atoms with van der Waals surface area (Å²) in [6.07, 6.45) is 4.31. The van der Waals surface area contributed by atoms with Crippen LogP contribution >= 0.6 is 0 Å². The molecule has 3 heterocycles. The van der Waals surface area contributed by atoms with Crippen molar-refractivity contribution in [2.45, 2.75) is 78.9 Å². The van der Waals surface area contributed by atoms with Crippen LogP contribution in [0.5, 0.6) is 0 Å². The van der Waals surface area contributed by atoms with Crippen molar-refractivity contribution in [2.75, 3.05) is 7.11 Å². The third kappa shape index (κ3) is 5.54. The molecule has 0 amide bonds. The summed E-state index contributed by atoms with van der Waals surface area (Å²) in [5.41, 5.74) is 0.387. The highest BCUT2D eigenvalue weighted by Crippen LogP contribution is 2.59. The van der Waals surface area contributed by atoms with Gasteiger partial charge in [0.2, 0.25) is 0 Å². The Balaban J connectivity index is 1.88. The molecule has 1 aliphatic heterocycles. The first-order chi connectivity index (χ1) is 19.7. The molecule has 4 rings (SSSR count). The second-order valence-corrected chi connectivity index (χ2v) is 11.9. The van der Waals surface area contributed by atoms with Gasteiger partial charge >= 0.3 is 23.9 Å². The molecule has 226 valence electrons. The van der Waals surface area contributed by atoms with Gasteiger partial charge in [0.15, 0.2) is 0 Å². The van der Waals surface area contributed by atoms with Gasteiger partial charge in [-0.1, -0.05) is 33.8 Å². The van der Waals surface area contributed by atoms with Gasteiger partial charge < -0.3 is 28.2 Å². The minimum Gasteiger partial charge on any atom is -0.481 e. The van der Waals surface area contributed by atoms with Crippen LogP contribution in [0, 0.1) is 16.7 Å². The summed E-state index contributed by atoms with van der Waals surface area (Å²) in [6, 6.07) is 3.44. The topological polar surface area (TPSA) is 142 Å². The van der Waals surface area contributed by atoms with Crippen LogP contribution in [-0.2, 0) is 33.4 Å². The molecule has 0 saturated carbocycles. The van der Waals surface area contributed by atoms with Crippen molar-refractivity contribution in [2.24, 2.45) is 16.7 Å². The third-order valence-corrected chi connectivity index (χ3v) is 8.98. The number of hydrogen-bond acceptors (Lipinski definition) is 9. The number of cyclic esters (lactones) is 1. The number of furan rings is 2. The average Bonchev–Trinajstić information content (AvgIpc) is 3.63. The summed E-state index contributed by atoms with van der Waals surface area (Å²) in [7, 11) is 1.33. The smallest absolute Gasteiger partial charge is 0.334 e. The van der Waals surface area contributed by atoms with Crippen LogP contribution in [-0.4, -0.2) is 36.1 Å². The Bertz CT molecular complexity index is 1420. The van der Waals surface area contributed by atoms with E-state index in [0.29, 0.717) is 33.8 Å². The van der Waals surface area contributed by atoms with E-state index in [1.165, 1.54) is 25.7 Å². The highest BCUT2D eigenvalue weighted by molar-refractivity contribution is 5.94. The van der Waals surface area contributed by atoms with Gasteiger partial charge in [-0.25, -0.2) is 9.59 Å². The van der Waals surface area contributed by atoms with Gasteiger partial charge in [-0.2, -0.15) is 0 Å². The molecule has 0 saturated heterocycles. The largest absolute Gasteiger partial charge is 0.481 e. The molecular formula is C32H38O10. The second kappa shape index (κ2) is 11.7. The fourth-order valence-electron chi connectivity index (χ4n) is 6.32. The number of allylic oxidation sites excluding steroid dienone is 1. The minimum absolute atomic E-state index is 0.0741. The maximum absolute atomic E-state index is 13.0. The number of hydrogen-bond donors (Lipinski definition) is 1. The molecule has 0 fully saturated rings. The van der Waals surface area contributed by atoms with Gasteiger partial charge in [-0.05, 0) is 38.3 Å². The molecule has 1 aliphatic carbocycles. The molecule has 0 spiro atoms. The zero-order valence-corrected chi connectivity index (χ0v) is 25.0. The maximum atomic E-state index is 13.0. The molecule has 0 bridgehead atoms. The Morgan fingerprint density at radius 2 is 1.90 bits per heavy atom. The van der Waals surface area contributed by atoms with Gasteiger partial charge in [0, 0.05) is 57.9 Å². The molecule has 1 N–H and O–H groups in total. The van der Waals surface area contributed by atoms with Crippen LogP contribution in [0.3, 0.4) is 0 Å². The first-order valence-electron chi connectivity index (χ1n) is 14.0. The van der Waals surface area contributed by atoms with Crippen molar-refractivity contribution >= 4 is 29.5 Å². The molecule has 0 aromatic carbocycles. The Hall–Kier alpha value is -4.08. The number of aliphatic carboxylic acids is 1. The fourth-order valence-corrected chi connectivity index (χ4v) is 6.32. The molecular weight excluding hydrogens is 544 g/mol. The van der Waals surface area contributed by atoms with Gasteiger partial charge in [-0.15, -0.1) is 0 Å². The average molecular weight is 583 g/mol. The van der Waals surface area contributed by atoms with Crippen LogP contribution < -0.4 is 0 Å². The van der Waals surface area contributed by atoms with E-state index in [1.54, 1.807) is 32.1 Å². The number of rotatable bonds is 9. The summed E-state index contributed by atoms with van der Waals surface area (Å²) >= 11 is 0. The summed E-state index contributed by atoms with van der Waals surface area (Å²) in [5.74, 6) is -2.24. The molecule has 0 unspecified atom stereocenters. The van der Waals surface area contributed by atoms with E-state index in [-0.39, 0.29) is 31.1 Å². The standard InChI is InChI=1S/C32H38O10/c1-8-17(2)30(37)42-29-20-13-23(40-27(20)18(3)21(31(29,4)5)14-25(35)38-7)22-15-26(36)41-28(19-10-12-39-16-19)32(22,6)11-9-24(33)34/h8,10,12-13,15-16,18,21,28-29H,9,11,14H2,1-7H3,(H,33,34)/t18-,21-,28+,29+,32-/m1/s1. The number of fused-ring (bicyclic) bond motifs is 1. The highest BCUT2D eigenvalue weighted by Gasteiger charge is 2.53. The molecule has 10 heteroatoms. The molecule has 5 atom stereocenters.